The van der Waals surface area contributed by atoms with Gasteiger partial charge in [0.1, 0.15) is 11.6 Å². The lowest BCUT2D eigenvalue weighted by atomic mass is 9.90. The van der Waals surface area contributed by atoms with E-state index in [9.17, 15) is 9.18 Å². The number of nitrogens with zero attached hydrogens (tertiary/aromatic N) is 3. The van der Waals surface area contributed by atoms with Gasteiger partial charge in [-0.2, -0.15) is 4.98 Å². The highest BCUT2D eigenvalue weighted by Gasteiger charge is 2.43. The Labute approximate surface area is 187 Å². The Bertz CT molecular complexity index is 924. The molecule has 174 valence electrons. The number of aromatic nitrogens is 2. The van der Waals surface area contributed by atoms with Crippen molar-refractivity contribution in [1.29, 1.82) is 0 Å². The summed E-state index contributed by atoms with van der Waals surface area (Å²) in [4.78, 5) is 17.5. The Balaban J connectivity index is 1.17. The SMILES string of the molecule is CC(C)Cc1noc(N2CCC(C3CC3CCOc3ccc(CC(=O)O)c(F)c3)CC2)n1. The van der Waals surface area contributed by atoms with Crippen LogP contribution in [0.15, 0.2) is 22.7 Å². The van der Waals surface area contributed by atoms with E-state index >= 15 is 0 Å². The average molecular weight is 446 g/mol. The number of hydrogen-bond acceptors (Lipinski definition) is 6. The highest BCUT2D eigenvalue weighted by atomic mass is 19.1. The molecule has 1 aromatic heterocycles. The topological polar surface area (TPSA) is 88.7 Å². The summed E-state index contributed by atoms with van der Waals surface area (Å²) in [6, 6.07) is 5.07. The summed E-state index contributed by atoms with van der Waals surface area (Å²) in [5, 5.41) is 12.9. The summed E-state index contributed by atoms with van der Waals surface area (Å²) in [6.45, 7) is 6.76. The second-order valence-corrected chi connectivity index (χ2v) is 9.54. The van der Waals surface area contributed by atoms with Gasteiger partial charge < -0.3 is 19.3 Å². The van der Waals surface area contributed by atoms with E-state index in [1.165, 1.54) is 18.6 Å². The maximum Gasteiger partial charge on any atom is 0.324 e. The molecule has 1 N–H and O–H groups in total. The highest BCUT2D eigenvalue weighted by molar-refractivity contribution is 5.70. The first kappa shape index (κ1) is 22.6. The standard InChI is InChI=1S/C24H32FN3O4/c1-15(2)11-22-26-24(32-27-22)28-8-5-16(6-9-28)20-12-17(20)7-10-31-19-4-3-18(13-23(29)30)21(25)14-19/h3-4,14-17,20H,5-13H2,1-2H3,(H,29,30). The van der Waals surface area contributed by atoms with Crippen molar-refractivity contribution in [3.63, 3.8) is 0 Å². The van der Waals surface area contributed by atoms with Crippen molar-refractivity contribution in [2.45, 2.75) is 52.4 Å². The number of halogens is 1. The van der Waals surface area contributed by atoms with Gasteiger partial charge in [0.15, 0.2) is 5.82 Å². The van der Waals surface area contributed by atoms with Crippen molar-refractivity contribution >= 4 is 12.0 Å². The molecule has 1 aromatic carbocycles. The molecule has 7 nitrogen and oxygen atoms in total. The molecular formula is C24H32FN3O4. The van der Waals surface area contributed by atoms with Crippen molar-refractivity contribution in [3.8, 4) is 5.75 Å². The lowest BCUT2D eigenvalue weighted by Gasteiger charge is -2.30. The number of anilines is 1. The molecule has 2 atom stereocenters. The zero-order valence-corrected chi connectivity index (χ0v) is 18.8. The molecule has 2 fully saturated rings. The average Bonchev–Trinajstić information content (AvgIpc) is 3.37. The molecule has 0 spiro atoms. The van der Waals surface area contributed by atoms with Gasteiger partial charge in [0.25, 0.3) is 0 Å². The van der Waals surface area contributed by atoms with Gasteiger partial charge in [-0.15, -0.1) is 0 Å². The van der Waals surface area contributed by atoms with Crippen molar-refractivity contribution in [3.05, 3.63) is 35.4 Å². The normalized spacial score (nSPS) is 21.2. The Hall–Kier alpha value is -2.64. The summed E-state index contributed by atoms with van der Waals surface area (Å²) in [6.07, 6.45) is 5.00. The fraction of sp³-hybridized carbons (Fsp3) is 0.625. The van der Waals surface area contributed by atoms with E-state index in [0.29, 0.717) is 30.2 Å². The molecule has 2 aromatic rings. The highest BCUT2D eigenvalue weighted by Crippen LogP contribution is 2.50. The van der Waals surface area contributed by atoms with Gasteiger partial charge in [0.05, 0.1) is 13.0 Å². The van der Waals surface area contributed by atoms with Crippen molar-refractivity contribution in [1.82, 2.24) is 10.1 Å². The molecule has 1 saturated heterocycles. The van der Waals surface area contributed by atoms with Crippen LogP contribution in [-0.2, 0) is 17.6 Å². The fourth-order valence-corrected chi connectivity index (χ4v) is 4.77. The van der Waals surface area contributed by atoms with E-state index in [1.807, 2.05) is 0 Å². The molecule has 2 aliphatic rings. The molecule has 1 aliphatic carbocycles. The maximum absolute atomic E-state index is 14.0. The summed E-state index contributed by atoms with van der Waals surface area (Å²) >= 11 is 0. The van der Waals surface area contributed by atoms with Gasteiger partial charge >= 0.3 is 12.0 Å². The molecule has 1 saturated carbocycles. The minimum atomic E-state index is -1.05. The second-order valence-electron chi connectivity index (χ2n) is 9.54. The second kappa shape index (κ2) is 9.88. The van der Waals surface area contributed by atoms with Gasteiger partial charge in [0, 0.05) is 25.6 Å². The molecule has 0 amide bonds. The van der Waals surface area contributed by atoms with E-state index in [1.54, 1.807) is 6.07 Å². The van der Waals surface area contributed by atoms with Crippen LogP contribution in [0.5, 0.6) is 5.75 Å². The Kier molecular flexibility index (Phi) is 6.96. The number of benzene rings is 1. The van der Waals surface area contributed by atoms with Gasteiger partial charge in [0.2, 0.25) is 0 Å². The smallest absolute Gasteiger partial charge is 0.324 e. The zero-order valence-electron chi connectivity index (χ0n) is 18.8. The van der Waals surface area contributed by atoms with Crippen LogP contribution < -0.4 is 9.64 Å². The Morgan fingerprint density at radius 2 is 2.12 bits per heavy atom. The molecule has 0 bridgehead atoms. The van der Waals surface area contributed by atoms with Crippen molar-refractivity contribution in [2.24, 2.45) is 23.7 Å². The molecule has 4 rings (SSSR count). The first-order chi connectivity index (χ1) is 15.4. The third-order valence-corrected chi connectivity index (χ3v) is 6.56. The van der Waals surface area contributed by atoms with Crippen LogP contribution in [0.3, 0.4) is 0 Å². The van der Waals surface area contributed by atoms with Crippen LogP contribution in [0.4, 0.5) is 10.4 Å². The Morgan fingerprint density at radius 1 is 1.34 bits per heavy atom. The number of piperidine rings is 1. The van der Waals surface area contributed by atoms with E-state index in [0.717, 1.165) is 56.4 Å². The van der Waals surface area contributed by atoms with E-state index < -0.39 is 11.8 Å². The lowest BCUT2D eigenvalue weighted by molar-refractivity contribution is -0.136. The summed E-state index contributed by atoms with van der Waals surface area (Å²) in [5.74, 6) is 2.32. The summed E-state index contributed by atoms with van der Waals surface area (Å²) in [5.41, 5.74) is 0.176. The van der Waals surface area contributed by atoms with Crippen LogP contribution in [0.2, 0.25) is 0 Å². The predicted molar refractivity (Wildman–Crippen MR) is 117 cm³/mol. The molecule has 0 radical (unpaired) electrons. The van der Waals surface area contributed by atoms with E-state index in [2.05, 4.69) is 28.9 Å². The number of ether oxygens (including phenoxy) is 1. The largest absolute Gasteiger partial charge is 0.493 e. The lowest BCUT2D eigenvalue weighted by Crippen LogP contribution is -2.34. The number of carboxylic acids is 1. The summed E-state index contributed by atoms with van der Waals surface area (Å²) in [7, 11) is 0. The molecule has 2 heterocycles. The van der Waals surface area contributed by atoms with Crippen LogP contribution >= 0.6 is 0 Å². The van der Waals surface area contributed by atoms with Crippen molar-refractivity contribution < 1.29 is 23.6 Å². The quantitative estimate of drug-likeness (QED) is 0.581. The summed E-state index contributed by atoms with van der Waals surface area (Å²) < 4.78 is 25.1. The monoisotopic (exact) mass is 445 g/mol. The number of hydrogen-bond donors (Lipinski definition) is 1. The number of carboxylic acid groups (broad SMARTS) is 1. The zero-order chi connectivity index (χ0) is 22.7. The van der Waals surface area contributed by atoms with Crippen LogP contribution in [0, 0.1) is 29.5 Å². The van der Waals surface area contributed by atoms with Crippen LogP contribution in [0.25, 0.3) is 0 Å². The third-order valence-electron chi connectivity index (χ3n) is 6.56. The Morgan fingerprint density at radius 3 is 2.81 bits per heavy atom. The number of carbonyl (C=O) groups is 1. The minimum Gasteiger partial charge on any atom is -0.493 e. The molecule has 1 aliphatic heterocycles. The molecule has 32 heavy (non-hydrogen) atoms. The predicted octanol–water partition coefficient (Wildman–Crippen LogP) is 4.36. The molecule has 8 heteroatoms. The van der Waals surface area contributed by atoms with E-state index in [-0.39, 0.29) is 12.0 Å². The van der Waals surface area contributed by atoms with Gasteiger partial charge in [-0.1, -0.05) is 25.1 Å². The molecular weight excluding hydrogens is 413 g/mol. The maximum atomic E-state index is 14.0. The van der Waals surface area contributed by atoms with Crippen LogP contribution in [-0.4, -0.2) is 40.9 Å². The van der Waals surface area contributed by atoms with Gasteiger partial charge in [-0.05, 0) is 61.0 Å². The minimum absolute atomic E-state index is 0.176. The first-order valence-corrected chi connectivity index (χ1v) is 11.6. The number of aliphatic carboxylic acids is 1. The first-order valence-electron chi connectivity index (χ1n) is 11.6. The van der Waals surface area contributed by atoms with Gasteiger partial charge in [-0.3, -0.25) is 4.79 Å². The van der Waals surface area contributed by atoms with Crippen LogP contribution in [0.1, 0.15) is 50.9 Å². The fourth-order valence-electron chi connectivity index (χ4n) is 4.77. The molecule has 2 unspecified atom stereocenters. The van der Waals surface area contributed by atoms with Gasteiger partial charge in [-0.25, -0.2) is 4.39 Å². The number of rotatable bonds is 10. The van der Waals surface area contributed by atoms with Crippen molar-refractivity contribution in [2.75, 3.05) is 24.6 Å². The van der Waals surface area contributed by atoms with E-state index in [4.69, 9.17) is 14.4 Å². The third kappa shape index (κ3) is 5.78.